The molecule has 2 rings (SSSR count). The Bertz CT molecular complexity index is 560. The Morgan fingerprint density at radius 2 is 2.22 bits per heavy atom. The maximum absolute atomic E-state index is 12.0. The quantitative estimate of drug-likeness (QED) is 0.690. The third kappa shape index (κ3) is 2.73. The van der Waals surface area contributed by atoms with Crippen LogP contribution in [0.25, 0.3) is 0 Å². The molecule has 1 heterocycles. The van der Waals surface area contributed by atoms with Gasteiger partial charge in [0, 0.05) is 10.2 Å². The van der Waals surface area contributed by atoms with Gasteiger partial charge in [-0.2, -0.15) is 0 Å². The van der Waals surface area contributed by atoms with Crippen LogP contribution in [0.15, 0.2) is 34.1 Å². The van der Waals surface area contributed by atoms with Crippen LogP contribution in [0.5, 0.6) is 0 Å². The van der Waals surface area contributed by atoms with Crippen LogP contribution in [0.1, 0.15) is 20.8 Å². The number of thiophene rings is 1. The number of benzene rings is 1. The van der Waals surface area contributed by atoms with Crippen molar-refractivity contribution in [2.24, 2.45) is 0 Å². The fourth-order valence-electron chi connectivity index (χ4n) is 1.60. The number of anilines is 1. The third-order valence-electron chi connectivity index (χ3n) is 2.53. The normalized spacial score (nSPS) is 10.3. The number of ether oxygens (including phenoxy) is 1. The molecule has 1 aromatic heterocycles. The van der Waals surface area contributed by atoms with Crippen molar-refractivity contribution in [3.63, 3.8) is 0 Å². The first-order valence-electron chi connectivity index (χ1n) is 5.33. The minimum atomic E-state index is -0.383. The molecule has 3 nitrogen and oxygen atoms in total. The first-order chi connectivity index (χ1) is 8.59. The van der Waals surface area contributed by atoms with Crippen molar-refractivity contribution in [3.8, 4) is 0 Å². The Hall–Kier alpha value is -1.33. The number of nitrogens with two attached hydrogens (primary N) is 1. The average molecular weight is 326 g/mol. The Morgan fingerprint density at radius 3 is 2.83 bits per heavy atom. The molecule has 0 radical (unpaired) electrons. The zero-order valence-corrected chi connectivity index (χ0v) is 12.2. The van der Waals surface area contributed by atoms with Gasteiger partial charge >= 0.3 is 5.97 Å². The maximum Gasteiger partial charge on any atom is 0.340 e. The lowest BCUT2D eigenvalue weighted by atomic mass is 10.1. The summed E-state index contributed by atoms with van der Waals surface area (Å²) in [4.78, 5) is 13.0. The highest BCUT2D eigenvalue weighted by molar-refractivity contribution is 9.10. The number of hydrogen-bond acceptors (Lipinski definition) is 4. The van der Waals surface area contributed by atoms with Crippen LogP contribution >= 0.6 is 27.3 Å². The molecule has 0 saturated carbocycles. The molecule has 94 valence electrons. The van der Waals surface area contributed by atoms with Crippen molar-refractivity contribution in [1.29, 1.82) is 0 Å². The number of hydrogen-bond donors (Lipinski definition) is 1. The molecule has 0 aliphatic heterocycles. The Morgan fingerprint density at radius 1 is 1.44 bits per heavy atom. The number of esters is 1. The largest absolute Gasteiger partial charge is 0.456 e. The fraction of sp³-hybridized carbons (Fsp3) is 0.154. The fourth-order valence-corrected chi connectivity index (χ4v) is 2.98. The van der Waals surface area contributed by atoms with E-state index in [0.717, 1.165) is 14.9 Å². The number of nitrogen functional groups attached to an aromatic ring is 1. The van der Waals surface area contributed by atoms with Crippen molar-refractivity contribution >= 4 is 38.9 Å². The lowest BCUT2D eigenvalue weighted by molar-refractivity contribution is 0.0476. The molecule has 0 aliphatic rings. The van der Waals surface area contributed by atoms with E-state index in [-0.39, 0.29) is 12.6 Å². The molecule has 1 aromatic carbocycles. The van der Waals surface area contributed by atoms with E-state index in [2.05, 4.69) is 15.9 Å². The standard InChI is InChI=1S/C13H12BrNO2S/c1-8-3-2-4-10(15)12(8)13(16)17-7-11-9(14)5-6-18-11/h2-6H,7,15H2,1H3. The summed E-state index contributed by atoms with van der Waals surface area (Å²) in [5.74, 6) is -0.383. The van der Waals surface area contributed by atoms with E-state index in [1.54, 1.807) is 6.07 Å². The smallest absolute Gasteiger partial charge is 0.340 e. The SMILES string of the molecule is Cc1cccc(N)c1C(=O)OCc1sccc1Br. The molecular formula is C13H12BrNO2S. The Labute approximate surface area is 118 Å². The second kappa shape index (κ2) is 5.54. The summed E-state index contributed by atoms with van der Waals surface area (Å²) in [7, 11) is 0. The molecule has 0 unspecified atom stereocenters. The van der Waals surface area contributed by atoms with Crippen LogP contribution in [-0.2, 0) is 11.3 Å². The lowest BCUT2D eigenvalue weighted by Gasteiger charge is -2.09. The molecule has 0 saturated heterocycles. The molecule has 0 atom stereocenters. The molecular weight excluding hydrogens is 314 g/mol. The van der Waals surface area contributed by atoms with Crippen LogP contribution in [0.2, 0.25) is 0 Å². The molecule has 0 bridgehead atoms. The van der Waals surface area contributed by atoms with E-state index in [0.29, 0.717) is 11.3 Å². The van der Waals surface area contributed by atoms with Crippen molar-refractivity contribution in [1.82, 2.24) is 0 Å². The molecule has 5 heteroatoms. The zero-order valence-electron chi connectivity index (χ0n) is 9.77. The Balaban J connectivity index is 2.11. The van der Waals surface area contributed by atoms with Gasteiger partial charge in [-0.1, -0.05) is 12.1 Å². The molecule has 2 N–H and O–H groups in total. The predicted octanol–water partition coefficient (Wildman–Crippen LogP) is 3.76. The average Bonchev–Trinajstić information content (AvgIpc) is 2.72. The monoisotopic (exact) mass is 325 g/mol. The highest BCUT2D eigenvalue weighted by Crippen LogP contribution is 2.24. The first kappa shape index (κ1) is 13.1. The van der Waals surface area contributed by atoms with Crippen LogP contribution in [-0.4, -0.2) is 5.97 Å². The van der Waals surface area contributed by atoms with Crippen LogP contribution in [0.4, 0.5) is 5.69 Å². The van der Waals surface area contributed by atoms with Gasteiger partial charge in [0.15, 0.2) is 0 Å². The topological polar surface area (TPSA) is 52.3 Å². The highest BCUT2D eigenvalue weighted by Gasteiger charge is 2.14. The second-order valence-corrected chi connectivity index (χ2v) is 5.66. The molecule has 18 heavy (non-hydrogen) atoms. The summed E-state index contributed by atoms with van der Waals surface area (Å²) in [5, 5.41) is 1.94. The first-order valence-corrected chi connectivity index (χ1v) is 7.01. The van der Waals surface area contributed by atoms with E-state index in [4.69, 9.17) is 10.5 Å². The Kier molecular flexibility index (Phi) is 4.04. The second-order valence-electron chi connectivity index (χ2n) is 3.81. The van der Waals surface area contributed by atoms with Crippen molar-refractivity contribution < 1.29 is 9.53 Å². The minimum absolute atomic E-state index is 0.255. The number of rotatable bonds is 3. The molecule has 0 fully saturated rings. The summed E-state index contributed by atoms with van der Waals surface area (Å²) in [6, 6.07) is 7.28. The van der Waals surface area contributed by atoms with Gasteiger partial charge in [0.1, 0.15) is 6.61 Å². The van der Waals surface area contributed by atoms with Crippen molar-refractivity contribution in [2.45, 2.75) is 13.5 Å². The van der Waals surface area contributed by atoms with E-state index >= 15 is 0 Å². The predicted molar refractivity (Wildman–Crippen MR) is 76.7 cm³/mol. The third-order valence-corrected chi connectivity index (χ3v) is 4.43. The summed E-state index contributed by atoms with van der Waals surface area (Å²) in [6.07, 6.45) is 0. The van der Waals surface area contributed by atoms with Crippen LogP contribution in [0.3, 0.4) is 0 Å². The molecule has 0 amide bonds. The highest BCUT2D eigenvalue weighted by atomic mass is 79.9. The maximum atomic E-state index is 12.0. The van der Waals surface area contributed by atoms with Gasteiger partial charge in [-0.25, -0.2) is 4.79 Å². The number of aryl methyl sites for hydroxylation is 1. The van der Waals surface area contributed by atoms with Gasteiger partial charge in [0.2, 0.25) is 0 Å². The van der Waals surface area contributed by atoms with E-state index < -0.39 is 0 Å². The van der Waals surface area contributed by atoms with Gasteiger partial charge in [-0.3, -0.25) is 0 Å². The molecule has 0 spiro atoms. The van der Waals surface area contributed by atoms with Gasteiger partial charge in [0.05, 0.1) is 10.4 Å². The van der Waals surface area contributed by atoms with Gasteiger partial charge in [-0.05, 0) is 45.9 Å². The summed E-state index contributed by atoms with van der Waals surface area (Å²) in [5.41, 5.74) is 7.52. The van der Waals surface area contributed by atoms with E-state index in [1.165, 1.54) is 11.3 Å². The summed E-state index contributed by atoms with van der Waals surface area (Å²) in [6.45, 7) is 2.10. The summed E-state index contributed by atoms with van der Waals surface area (Å²) < 4.78 is 6.23. The summed E-state index contributed by atoms with van der Waals surface area (Å²) >= 11 is 4.94. The van der Waals surface area contributed by atoms with Crippen molar-refractivity contribution in [2.75, 3.05) is 5.73 Å². The zero-order chi connectivity index (χ0) is 13.1. The molecule has 0 aliphatic carbocycles. The number of carbonyl (C=O) groups is 1. The number of halogens is 1. The van der Waals surface area contributed by atoms with E-state index in [9.17, 15) is 4.79 Å². The van der Waals surface area contributed by atoms with Crippen molar-refractivity contribution in [3.05, 3.63) is 50.1 Å². The van der Waals surface area contributed by atoms with Gasteiger partial charge in [0.25, 0.3) is 0 Å². The lowest BCUT2D eigenvalue weighted by Crippen LogP contribution is -2.09. The van der Waals surface area contributed by atoms with E-state index in [1.807, 2.05) is 30.5 Å². The van der Waals surface area contributed by atoms with Gasteiger partial charge in [-0.15, -0.1) is 11.3 Å². The minimum Gasteiger partial charge on any atom is -0.456 e. The molecule has 2 aromatic rings. The van der Waals surface area contributed by atoms with Crippen LogP contribution < -0.4 is 5.73 Å². The van der Waals surface area contributed by atoms with Gasteiger partial charge < -0.3 is 10.5 Å². The number of carbonyl (C=O) groups excluding carboxylic acids is 1. The van der Waals surface area contributed by atoms with Crippen LogP contribution in [0, 0.1) is 6.92 Å².